The predicted molar refractivity (Wildman–Crippen MR) is 81.0 cm³/mol. The number of hydrogen-bond donors (Lipinski definition) is 2. The Bertz CT molecular complexity index is 658. The molecule has 20 heavy (non-hydrogen) atoms. The topological polar surface area (TPSA) is 40.5 Å². The summed E-state index contributed by atoms with van der Waals surface area (Å²) in [5, 5.41) is 20.5. The quantitative estimate of drug-likeness (QED) is 0.692. The van der Waals surface area contributed by atoms with Gasteiger partial charge in [0.25, 0.3) is 0 Å². The lowest BCUT2D eigenvalue weighted by Crippen LogP contribution is -2.08. The summed E-state index contributed by atoms with van der Waals surface area (Å²) < 4.78 is 0. The average molecular weight is 266 g/mol. The molecule has 1 aliphatic rings. The van der Waals surface area contributed by atoms with E-state index in [9.17, 15) is 10.2 Å². The second-order valence-corrected chi connectivity index (χ2v) is 5.31. The third-order valence-corrected chi connectivity index (χ3v) is 4.10. The minimum Gasteiger partial charge on any atom is -0.507 e. The highest BCUT2D eigenvalue weighted by Gasteiger charge is 2.26. The van der Waals surface area contributed by atoms with Crippen molar-refractivity contribution in [1.82, 2.24) is 0 Å². The zero-order chi connectivity index (χ0) is 14.3. The number of allylic oxidation sites excluding steroid dienone is 1. The molecule has 2 N–H and O–H groups in total. The number of rotatable bonds is 1. The zero-order valence-electron chi connectivity index (χ0n) is 11.8. The van der Waals surface area contributed by atoms with Gasteiger partial charge in [-0.3, -0.25) is 0 Å². The molecule has 3 rings (SSSR count). The lowest BCUT2D eigenvalue weighted by molar-refractivity contribution is 0.469. The largest absolute Gasteiger partial charge is 0.507 e. The first kappa shape index (κ1) is 12.8. The third kappa shape index (κ3) is 1.80. The summed E-state index contributed by atoms with van der Waals surface area (Å²) in [6.45, 7) is 4.16. The van der Waals surface area contributed by atoms with Crippen LogP contribution in [0.25, 0.3) is 5.57 Å². The van der Waals surface area contributed by atoms with Gasteiger partial charge in [0, 0.05) is 11.1 Å². The van der Waals surface area contributed by atoms with Crippen LogP contribution in [0.4, 0.5) is 0 Å². The van der Waals surface area contributed by atoms with Crippen LogP contribution in [0.3, 0.4) is 0 Å². The number of hydrogen-bond acceptors (Lipinski definition) is 2. The molecular weight excluding hydrogens is 248 g/mol. The fourth-order valence-corrected chi connectivity index (χ4v) is 2.98. The number of benzene rings is 2. The van der Waals surface area contributed by atoms with E-state index in [1.54, 1.807) is 12.1 Å². The van der Waals surface area contributed by atoms with Crippen molar-refractivity contribution in [3.63, 3.8) is 0 Å². The monoisotopic (exact) mass is 266 g/mol. The van der Waals surface area contributed by atoms with E-state index in [0.717, 1.165) is 40.7 Å². The minimum atomic E-state index is 0.291. The molecule has 0 saturated heterocycles. The Kier molecular flexibility index (Phi) is 3.01. The average Bonchev–Trinajstić information content (AvgIpc) is 2.45. The van der Waals surface area contributed by atoms with Crippen LogP contribution in [0.2, 0.25) is 0 Å². The molecule has 0 saturated carbocycles. The summed E-state index contributed by atoms with van der Waals surface area (Å²) in [5.41, 5.74) is 6.15. The Morgan fingerprint density at radius 3 is 1.90 bits per heavy atom. The maximum atomic E-state index is 10.3. The SMILES string of the molecule is CCC(C)=C1c2c(O)cccc2Cc2cccc(O)c21. The molecule has 2 aromatic carbocycles. The van der Waals surface area contributed by atoms with Crippen LogP contribution in [0.5, 0.6) is 11.5 Å². The van der Waals surface area contributed by atoms with Crippen molar-refractivity contribution in [1.29, 1.82) is 0 Å². The van der Waals surface area contributed by atoms with Gasteiger partial charge in [-0.1, -0.05) is 36.8 Å². The van der Waals surface area contributed by atoms with E-state index in [-0.39, 0.29) is 0 Å². The standard InChI is InChI=1S/C18H18O2/c1-3-11(2)16-17-12(6-4-8-14(17)19)10-13-7-5-9-15(20)18(13)16/h4-9,19-20H,3,10H2,1-2H3. The van der Waals surface area contributed by atoms with E-state index in [1.165, 1.54) is 5.57 Å². The van der Waals surface area contributed by atoms with E-state index in [0.29, 0.717) is 11.5 Å². The van der Waals surface area contributed by atoms with Gasteiger partial charge in [0.05, 0.1) is 0 Å². The van der Waals surface area contributed by atoms with Crippen molar-refractivity contribution in [2.24, 2.45) is 0 Å². The highest BCUT2D eigenvalue weighted by Crippen LogP contribution is 2.45. The molecule has 0 radical (unpaired) electrons. The molecular formula is C18H18O2. The molecule has 1 aliphatic carbocycles. The Hall–Kier alpha value is -2.22. The van der Waals surface area contributed by atoms with Crippen LogP contribution in [0, 0.1) is 0 Å². The maximum Gasteiger partial charge on any atom is 0.123 e. The van der Waals surface area contributed by atoms with Gasteiger partial charge in [0.1, 0.15) is 11.5 Å². The highest BCUT2D eigenvalue weighted by molar-refractivity contribution is 5.92. The van der Waals surface area contributed by atoms with Crippen LogP contribution in [0.15, 0.2) is 42.0 Å². The fraction of sp³-hybridized carbons (Fsp3) is 0.222. The van der Waals surface area contributed by atoms with Crippen LogP contribution in [-0.4, -0.2) is 10.2 Å². The summed E-state index contributed by atoms with van der Waals surface area (Å²) in [6.07, 6.45) is 1.63. The smallest absolute Gasteiger partial charge is 0.123 e. The molecule has 2 nitrogen and oxygen atoms in total. The molecule has 0 bridgehead atoms. The molecule has 0 atom stereocenters. The molecule has 0 aromatic heterocycles. The predicted octanol–water partition coefficient (Wildman–Crippen LogP) is 4.23. The van der Waals surface area contributed by atoms with Gasteiger partial charge in [-0.05, 0) is 48.6 Å². The van der Waals surface area contributed by atoms with Gasteiger partial charge in [-0.15, -0.1) is 0 Å². The molecule has 2 heteroatoms. The fourth-order valence-electron chi connectivity index (χ4n) is 2.98. The molecule has 2 aromatic rings. The van der Waals surface area contributed by atoms with E-state index >= 15 is 0 Å². The van der Waals surface area contributed by atoms with E-state index < -0.39 is 0 Å². The maximum absolute atomic E-state index is 10.3. The van der Waals surface area contributed by atoms with Crippen LogP contribution in [-0.2, 0) is 6.42 Å². The molecule has 0 unspecified atom stereocenters. The van der Waals surface area contributed by atoms with Gasteiger partial charge >= 0.3 is 0 Å². The number of phenols is 2. The summed E-state index contributed by atoms with van der Waals surface area (Å²) in [5.74, 6) is 0.582. The molecule has 102 valence electrons. The first-order chi connectivity index (χ1) is 9.63. The second kappa shape index (κ2) is 4.71. The Morgan fingerprint density at radius 2 is 1.45 bits per heavy atom. The lowest BCUT2D eigenvalue weighted by atomic mass is 9.79. The lowest BCUT2D eigenvalue weighted by Gasteiger charge is -2.26. The second-order valence-electron chi connectivity index (χ2n) is 5.31. The van der Waals surface area contributed by atoms with Gasteiger partial charge in [-0.25, -0.2) is 0 Å². The van der Waals surface area contributed by atoms with Crippen molar-refractivity contribution in [2.75, 3.05) is 0 Å². The van der Waals surface area contributed by atoms with Crippen LogP contribution < -0.4 is 0 Å². The van der Waals surface area contributed by atoms with Gasteiger partial charge < -0.3 is 10.2 Å². The third-order valence-electron chi connectivity index (χ3n) is 4.10. The summed E-state index contributed by atoms with van der Waals surface area (Å²) >= 11 is 0. The van der Waals surface area contributed by atoms with Gasteiger partial charge in [0.15, 0.2) is 0 Å². The van der Waals surface area contributed by atoms with E-state index in [4.69, 9.17) is 0 Å². The van der Waals surface area contributed by atoms with Crippen molar-refractivity contribution in [3.8, 4) is 11.5 Å². The first-order valence-corrected chi connectivity index (χ1v) is 6.95. The van der Waals surface area contributed by atoms with Crippen LogP contribution in [0.1, 0.15) is 42.5 Å². The molecule has 0 heterocycles. The van der Waals surface area contributed by atoms with E-state index in [2.05, 4.69) is 13.8 Å². The Labute approximate surface area is 119 Å². The zero-order valence-corrected chi connectivity index (χ0v) is 11.8. The molecule has 0 fully saturated rings. The van der Waals surface area contributed by atoms with Crippen molar-refractivity contribution in [3.05, 3.63) is 64.2 Å². The molecule has 0 amide bonds. The number of aromatic hydroxyl groups is 2. The first-order valence-electron chi connectivity index (χ1n) is 6.95. The van der Waals surface area contributed by atoms with Crippen molar-refractivity contribution >= 4 is 5.57 Å². The highest BCUT2D eigenvalue weighted by atomic mass is 16.3. The minimum absolute atomic E-state index is 0.291. The normalized spacial score (nSPS) is 12.8. The van der Waals surface area contributed by atoms with Crippen molar-refractivity contribution < 1.29 is 10.2 Å². The Balaban J connectivity index is 2.40. The van der Waals surface area contributed by atoms with Crippen molar-refractivity contribution in [2.45, 2.75) is 26.7 Å². The van der Waals surface area contributed by atoms with Crippen LogP contribution >= 0.6 is 0 Å². The summed E-state index contributed by atoms with van der Waals surface area (Å²) in [4.78, 5) is 0. The number of phenolic OH excluding ortho intramolecular Hbond substituents is 2. The van der Waals surface area contributed by atoms with Gasteiger partial charge in [-0.2, -0.15) is 0 Å². The van der Waals surface area contributed by atoms with E-state index in [1.807, 2.05) is 24.3 Å². The summed E-state index contributed by atoms with van der Waals surface area (Å²) in [7, 11) is 0. The number of fused-ring (bicyclic) bond motifs is 2. The van der Waals surface area contributed by atoms with Gasteiger partial charge in [0.2, 0.25) is 0 Å². The Morgan fingerprint density at radius 1 is 0.950 bits per heavy atom. The summed E-state index contributed by atoms with van der Waals surface area (Å²) in [6, 6.07) is 11.3. The molecule has 0 spiro atoms. The molecule has 0 aliphatic heterocycles.